The molecular weight excluding hydrogens is 227 g/mol. The molecule has 0 aromatic heterocycles. The van der Waals surface area contributed by atoms with Crippen LogP contribution in [0.1, 0.15) is 29.2 Å². The molecule has 15 heavy (non-hydrogen) atoms. The second kappa shape index (κ2) is 4.02. The van der Waals surface area contributed by atoms with Crippen molar-refractivity contribution in [2.75, 3.05) is 0 Å². The van der Waals surface area contributed by atoms with Crippen LogP contribution in [0, 0.1) is 0 Å². The van der Waals surface area contributed by atoms with Gasteiger partial charge in [0, 0.05) is 6.04 Å². The number of nitrogens with two attached hydrogens (primary N) is 1. The fourth-order valence-electron chi connectivity index (χ4n) is 1.95. The van der Waals surface area contributed by atoms with Gasteiger partial charge < -0.3 is 5.73 Å². The van der Waals surface area contributed by atoms with E-state index in [9.17, 15) is 13.2 Å². The Bertz CT molecular complexity index is 362. The van der Waals surface area contributed by atoms with E-state index in [4.69, 9.17) is 5.73 Å². The molecule has 2 rings (SSSR count). The molecule has 0 fully saturated rings. The lowest BCUT2D eigenvalue weighted by Crippen LogP contribution is -2.10. The lowest BCUT2D eigenvalue weighted by atomic mass is 10.0. The smallest absolute Gasteiger partial charge is 0.324 e. The fourth-order valence-corrected chi connectivity index (χ4v) is 1.95. The summed E-state index contributed by atoms with van der Waals surface area (Å²) in [5.41, 5.74) is 6.20. The summed E-state index contributed by atoms with van der Waals surface area (Å²) in [4.78, 5) is 0. The summed E-state index contributed by atoms with van der Waals surface area (Å²) < 4.78 is 37.6. The van der Waals surface area contributed by atoms with Crippen LogP contribution in [0.2, 0.25) is 0 Å². The predicted octanol–water partition coefficient (Wildman–Crippen LogP) is 3.07. The molecule has 5 heteroatoms. The maximum atomic E-state index is 12.5. The average molecular weight is 238 g/mol. The summed E-state index contributed by atoms with van der Waals surface area (Å²) in [5.74, 6) is 0. The van der Waals surface area contributed by atoms with Crippen LogP contribution in [0.3, 0.4) is 0 Å². The first kappa shape index (κ1) is 12.3. The van der Waals surface area contributed by atoms with Crippen molar-refractivity contribution in [2.45, 2.75) is 25.1 Å². The number of hydrogen-bond donors (Lipinski definition) is 1. The zero-order valence-electron chi connectivity index (χ0n) is 7.84. The number of benzene rings is 1. The molecule has 1 aliphatic rings. The minimum atomic E-state index is -4.25. The standard InChI is InChI=1S/C10H10F3N.ClH/c11-10(12,13)8-3-1-2-7-6(8)4-5-9(7)14;/h1-3,9H,4-5,14H2;1H/t9-;/m0./s1. The normalized spacial score (nSPS) is 19.6. The fraction of sp³-hybridized carbons (Fsp3) is 0.400. The zero-order valence-corrected chi connectivity index (χ0v) is 8.66. The third kappa shape index (κ3) is 2.11. The highest BCUT2D eigenvalue weighted by Gasteiger charge is 2.36. The second-order valence-corrected chi connectivity index (χ2v) is 3.52. The van der Waals surface area contributed by atoms with Gasteiger partial charge in [-0.3, -0.25) is 0 Å². The first-order chi connectivity index (χ1) is 6.50. The van der Waals surface area contributed by atoms with Crippen molar-refractivity contribution < 1.29 is 13.2 Å². The monoisotopic (exact) mass is 237 g/mol. The molecule has 0 saturated carbocycles. The molecule has 0 spiro atoms. The van der Waals surface area contributed by atoms with Gasteiger partial charge in [0.25, 0.3) is 0 Å². The van der Waals surface area contributed by atoms with Gasteiger partial charge in [-0.25, -0.2) is 0 Å². The highest BCUT2D eigenvalue weighted by molar-refractivity contribution is 5.85. The SMILES string of the molecule is Cl.N[C@H]1CCc2c1cccc2C(F)(F)F. The Morgan fingerprint density at radius 1 is 1.27 bits per heavy atom. The van der Waals surface area contributed by atoms with E-state index in [1.54, 1.807) is 6.07 Å². The molecule has 2 N–H and O–H groups in total. The van der Waals surface area contributed by atoms with Crippen LogP contribution >= 0.6 is 12.4 Å². The molecule has 1 aliphatic carbocycles. The number of halogens is 4. The molecule has 0 bridgehead atoms. The van der Waals surface area contributed by atoms with Crippen molar-refractivity contribution in [1.29, 1.82) is 0 Å². The number of rotatable bonds is 0. The summed E-state index contributed by atoms with van der Waals surface area (Å²) in [6.07, 6.45) is -3.20. The van der Waals surface area contributed by atoms with Gasteiger partial charge in [-0.1, -0.05) is 12.1 Å². The molecular formula is C10H11ClF3N. The number of alkyl halides is 3. The Morgan fingerprint density at radius 3 is 2.53 bits per heavy atom. The summed E-state index contributed by atoms with van der Waals surface area (Å²) in [6.45, 7) is 0. The van der Waals surface area contributed by atoms with Crippen LogP contribution in [0.5, 0.6) is 0 Å². The Hall–Kier alpha value is -0.740. The van der Waals surface area contributed by atoms with Gasteiger partial charge >= 0.3 is 6.18 Å². The number of hydrogen-bond acceptors (Lipinski definition) is 1. The van der Waals surface area contributed by atoms with E-state index < -0.39 is 11.7 Å². The Morgan fingerprint density at radius 2 is 1.93 bits per heavy atom. The third-order valence-corrected chi connectivity index (χ3v) is 2.62. The van der Waals surface area contributed by atoms with Gasteiger partial charge in [-0.2, -0.15) is 13.2 Å². The molecule has 0 amide bonds. The summed E-state index contributed by atoms with van der Waals surface area (Å²) in [6, 6.07) is 4.00. The minimum Gasteiger partial charge on any atom is -0.324 e. The van der Waals surface area contributed by atoms with Crippen LogP contribution in [-0.2, 0) is 12.6 Å². The molecule has 84 valence electrons. The molecule has 1 nitrogen and oxygen atoms in total. The van der Waals surface area contributed by atoms with Crippen molar-refractivity contribution >= 4 is 12.4 Å². The van der Waals surface area contributed by atoms with E-state index in [0.29, 0.717) is 24.0 Å². The van der Waals surface area contributed by atoms with Crippen molar-refractivity contribution in [3.8, 4) is 0 Å². The lowest BCUT2D eigenvalue weighted by Gasteiger charge is -2.12. The van der Waals surface area contributed by atoms with Crippen molar-refractivity contribution in [3.05, 3.63) is 34.9 Å². The first-order valence-electron chi connectivity index (χ1n) is 4.44. The van der Waals surface area contributed by atoms with Gasteiger partial charge in [-0.15, -0.1) is 12.4 Å². The van der Waals surface area contributed by atoms with E-state index in [1.165, 1.54) is 6.07 Å². The quantitative estimate of drug-likeness (QED) is 0.737. The highest BCUT2D eigenvalue weighted by atomic mass is 35.5. The second-order valence-electron chi connectivity index (χ2n) is 3.52. The molecule has 0 heterocycles. The molecule has 0 saturated heterocycles. The van der Waals surface area contributed by atoms with E-state index in [0.717, 1.165) is 6.07 Å². The largest absolute Gasteiger partial charge is 0.416 e. The van der Waals surface area contributed by atoms with E-state index in [2.05, 4.69) is 0 Å². The van der Waals surface area contributed by atoms with Crippen LogP contribution < -0.4 is 5.73 Å². The van der Waals surface area contributed by atoms with Gasteiger partial charge in [0.2, 0.25) is 0 Å². The topological polar surface area (TPSA) is 26.0 Å². The molecule has 0 unspecified atom stereocenters. The lowest BCUT2D eigenvalue weighted by molar-refractivity contribution is -0.138. The highest BCUT2D eigenvalue weighted by Crippen LogP contribution is 2.39. The van der Waals surface area contributed by atoms with Gasteiger partial charge in [0.05, 0.1) is 5.56 Å². The Balaban J connectivity index is 0.00000112. The van der Waals surface area contributed by atoms with E-state index in [1.807, 2.05) is 0 Å². The van der Waals surface area contributed by atoms with E-state index in [-0.39, 0.29) is 18.4 Å². The summed E-state index contributed by atoms with van der Waals surface area (Å²) in [5, 5.41) is 0. The van der Waals surface area contributed by atoms with Crippen LogP contribution in [0.15, 0.2) is 18.2 Å². The minimum absolute atomic E-state index is 0. The first-order valence-corrected chi connectivity index (χ1v) is 4.44. The van der Waals surface area contributed by atoms with E-state index >= 15 is 0 Å². The average Bonchev–Trinajstić information content (AvgIpc) is 2.46. The van der Waals surface area contributed by atoms with Crippen LogP contribution in [0.4, 0.5) is 13.2 Å². The third-order valence-electron chi connectivity index (χ3n) is 2.62. The van der Waals surface area contributed by atoms with Crippen LogP contribution in [-0.4, -0.2) is 0 Å². The molecule has 0 radical (unpaired) electrons. The molecule has 1 aromatic carbocycles. The summed E-state index contributed by atoms with van der Waals surface area (Å²) in [7, 11) is 0. The molecule has 0 aliphatic heterocycles. The Labute approximate surface area is 91.9 Å². The van der Waals surface area contributed by atoms with Gasteiger partial charge in [0.1, 0.15) is 0 Å². The molecule has 1 aromatic rings. The maximum absolute atomic E-state index is 12.5. The Kier molecular flexibility index (Phi) is 3.31. The van der Waals surface area contributed by atoms with Crippen molar-refractivity contribution in [2.24, 2.45) is 5.73 Å². The maximum Gasteiger partial charge on any atom is 0.416 e. The van der Waals surface area contributed by atoms with Crippen molar-refractivity contribution in [1.82, 2.24) is 0 Å². The van der Waals surface area contributed by atoms with Gasteiger partial charge in [0.15, 0.2) is 0 Å². The molecule has 1 atom stereocenters. The van der Waals surface area contributed by atoms with Gasteiger partial charge in [-0.05, 0) is 30.0 Å². The zero-order chi connectivity index (χ0) is 10.3. The summed E-state index contributed by atoms with van der Waals surface area (Å²) >= 11 is 0. The van der Waals surface area contributed by atoms with Crippen LogP contribution in [0.25, 0.3) is 0 Å². The van der Waals surface area contributed by atoms with Crippen molar-refractivity contribution in [3.63, 3.8) is 0 Å². The predicted molar refractivity (Wildman–Crippen MR) is 53.9 cm³/mol. The number of fused-ring (bicyclic) bond motifs is 1.